The lowest BCUT2D eigenvalue weighted by Crippen LogP contribution is -2.28. The quantitative estimate of drug-likeness (QED) is 0.670. The van der Waals surface area contributed by atoms with Crippen molar-refractivity contribution in [1.82, 2.24) is 4.98 Å². The van der Waals surface area contributed by atoms with E-state index in [0.717, 1.165) is 6.07 Å². The van der Waals surface area contributed by atoms with Gasteiger partial charge in [-0.25, -0.2) is 0 Å². The van der Waals surface area contributed by atoms with E-state index in [1.807, 2.05) is 0 Å². The first-order valence-electron chi connectivity index (χ1n) is 4.38. The fourth-order valence-electron chi connectivity index (χ4n) is 1.29. The second-order valence-corrected chi connectivity index (χ2v) is 4.72. The maximum absolute atomic E-state index is 12.1. The molecule has 1 N–H and O–H groups in total. The summed E-state index contributed by atoms with van der Waals surface area (Å²) >= 11 is 0. The molecule has 17 heavy (non-hydrogen) atoms. The van der Waals surface area contributed by atoms with Crippen LogP contribution >= 0.6 is 0 Å². The first-order chi connectivity index (χ1) is 7.81. The number of benzene rings is 1. The van der Waals surface area contributed by atoms with Gasteiger partial charge in [0.2, 0.25) is 0 Å². The lowest BCUT2D eigenvalue weighted by atomic mass is 10.2. The molecule has 2 rings (SSSR count). The van der Waals surface area contributed by atoms with Crippen molar-refractivity contribution < 1.29 is 25.8 Å². The van der Waals surface area contributed by atoms with Gasteiger partial charge >= 0.3 is 15.6 Å². The van der Waals surface area contributed by atoms with Gasteiger partial charge in [0.15, 0.2) is 5.75 Å². The zero-order valence-corrected chi connectivity index (χ0v) is 8.97. The van der Waals surface area contributed by atoms with E-state index in [1.54, 1.807) is 6.07 Å². The maximum Gasteiger partial charge on any atom is 0.534 e. The molecule has 0 aliphatic carbocycles. The van der Waals surface area contributed by atoms with Gasteiger partial charge in [0, 0.05) is 17.1 Å². The average molecular weight is 265 g/mol. The molecule has 0 atom stereocenters. The molecule has 0 saturated carbocycles. The Morgan fingerprint density at radius 2 is 1.88 bits per heavy atom. The van der Waals surface area contributed by atoms with Gasteiger partial charge in [0.25, 0.3) is 0 Å². The summed E-state index contributed by atoms with van der Waals surface area (Å²) in [4.78, 5) is 2.73. The minimum atomic E-state index is -5.63. The van der Waals surface area contributed by atoms with Crippen molar-refractivity contribution in [2.45, 2.75) is 5.51 Å². The van der Waals surface area contributed by atoms with Crippen LogP contribution in [0.4, 0.5) is 13.2 Å². The minimum Gasteiger partial charge on any atom is -0.375 e. The number of aromatic amines is 1. The van der Waals surface area contributed by atoms with Crippen molar-refractivity contribution in [3.05, 3.63) is 30.5 Å². The fraction of sp³-hybridized carbons (Fsp3) is 0.111. The topological polar surface area (TPSA) is 59.2 Å². The summed E-state index contributed by atoms with van der Waals surface area (Å²) in [5.41, 5.74) is -4.95. The Morgan fingerprint density at radius 1 is 1.18 bits per heavy atom. The summed E-state index contributed by atoms with van der Waals surface area (Å²) in [6.45, 7) is 0. The Morgan fingerprint density at radius 3 is 2.53 bits per heavy atom. The van der Waals surface area contributed by atoms with Crippen LogP contribution < -0.4 is 4.18 Å². The molecule has 0 saturated heterocycles. The second kappa shape index (κ2) is 3.66. The number of H-pyrrole nitrogens is 1. The number of halogens is 3. The smallest absolute Gasteiger partial charge is 0.375 e. The van der Waals surface area contributed by atoms with E-state index in [9.17, 15) is 21.6 Å². The Bertz CT molecular complexity index is 645. The molecule has 1 aromatic carbocycles. The highest BCUT2D eigenvalue weighted by Crippen LogP contribution is 2.31. The highest BCUT2D eigenvalue weighted by atomic mass is 32.2. The summed E-state index contributed by atoms with van der Waals surface area (Å²) in [6, 6.07) is 5.55. The van der Waals surface area contributed by atoms with Crippen molar-refractivity contribution in [2.24, 2.45) is 0 Å². The number of fused-ring (bicyclic) bond motifs is 1. The van der Waals surface area contributed by atoms with Crippen LogP contribution in [0.1, 0.15) is 0 Å². The average Bonchev–Trinajstić information content (AvgIpc) is 2.64. The molecule has 4 nitrogen and oxygen atoms in total. The number of alkyl halides is 3. The normalized spacial score (nSPS) is 12.9. The van der Waals surface area contributed by atoms with E-state index in [1.165, 1.54) is 18.3 Å². The SMILES string of the molecule is O=S(=O)(Oc1cccc2[nH]ccc12)C(F)(F)F. The van der Waals surface area contributed by atoms with E-state index >= 15 is 0 Å². The molecule has 2 aromatic rings. The third-order valence-corrected chi connectivity index (χ3v) is 3.00. The van der Waals surface area contributed by atoms with Crippen molar-refractivity contribution in [1.29, 1.82) is 0 Å². The van der Waals surface area contributed by atoms with Gasteiger partial charge in [-0.2, -0.15) is 21.6 Å². The molecule has 0 bridgehead atoms. The van der Waals surface area contributed by atoms with Crippen LogP contribution in [0, 0.1) is 0 Å². The highest BCUT2D eigenvalue weighted by Gasteiger charge is 2.48. The van der Waals surface area contributed by atoms with Crippen LogP contribution in [0.15, 0.2) is 30.5 Å². The molecule has 92 valence electrons. The van der Waals surface area contributed by atoms with Gasteiger partial charge in [0.1, 0.15) is 0 Å². The largest absolute Gasteiger partial charge is 0.534 e. The molecule has 1 aromatic heterocycles. The predicted molar refractivity (Wildman–Crippen MR) is 53.9 cm³/mol. The number of rotatable bonds is 2. The van der Waals surface area contributed by atoms with Crippen LogP contribution in [-0.4, -0.2) is 18.9 Å². The Balaban J connectivity index is 2.47. The summed E-state index contributed by atoms with van der Waals surface area (Å²) in [5.74, 6) is -0.360. The van der Waals surface area contributed by atoms with Crippen LogP contribution in [0.3, 0.4) is 0 Å². The lowest BCUT2D eigenvalue weighted by Gasteiger charge is -2.09. The van der Waals surface area contributed by atoms with Gasteiger partial charge in [-0.15, -0.1) is 0 Å². The van der Waals surface area contributed by atoms with Crippen molar-refractivity contribution >= 4 is 21.0 Å². The van der Waals surface area contributed by atoms with Crippen LogP contribution in [-0.2, 0) is 10.1 Å². The first-order valence-corrected chi connectivity index (χ1v) is 5.79. The Hall–Kier alpha value is -1.70. The molecule has 0 spiro atoms. The third kappa shape index (κ3) is 2.07. The van der Waals surface area contributed by atoms with Crippen LogP contribution in [0.25, 0.3) is 10.9 Å². The van der Waals surface area contributed by atoms with Crippen LogP contribution in [0.2, 0.25) is 0 Å². The van der Waals surface area contributed by atoms with Gasteiger partial charge in [0.05, 0.1) is 0 Å². The molecule has 0 aliphatic rings. The summed E-state index contributed by atoms with van der Waals surface area (Å²) in [7, 11) is -5.63. The van der Waals surface area contributed by atoms with E-state index in [2.05, 4.69) is 9.17 Å². The number of nitrogens with one attached hydrogen (secondary N) is 1. The molecule has 0 unspecified atom stereocenters. The summed E-state index contributed by atoms with van der Waals surface area (Å²) in [6.07, 6.45) is 1.47. The van der Waals surface area contributed by atoms with E-state index in [-0.39, 0.29) is 11.1 Å². The predicted octanol–water partition coefficient (Wildman–Crippen LogP) is 2.40. The van der Waals surface area contributed by atoms with Gasteiger partial charge in [-0.1, -0.05) is 6.07 Å². The Labute approximate surface area is 94.1 Å². The van der Waals surface area contributed by atoms with E-state index in [4.69, 9.17) is 0 Å². The molecular formula is C9H6F3NO3S. The first kappa shape index (κ1) is 11.8. The molecule has 0 amide bonds. The summed E-state index contributed by atoms with van der Waals surface area (Å²) in [5, 5.41) is 0.264. The van der Waals surface area contributed by atoms with Gasteiger partial charge < -0.3 is 9.17 Å². The van der Waals surface area contributed by atoms with Gasteiger partial charge in [-0.05, 0) is 18.2 Å². The molecule has 1 heterocycles. The molecule has 0 radical (unpaired) electrons. The molecule has 8 heteroatoms. The van der Waals surface area contributed by atoms with Crippen molar-refractivity contribution in [2.75, 3.05) is 0 Å². The zero-order chi connectivity index (χ0) is 12.7. The molecule has 0 fully saturated rings. The highest BCUT2D eigenvalue weighted by molar-refractivity contribution is 7.88. The third-order valence-electron chi connectivity index (χ3n) is 2.04. The Kier molecular flexibility index (Phi) is 2.53. The van der Waals surface area contributed by atoms with E-state index < -0.39 is 15.6 Å². The molecule has 0 aliphatic heterocycles. The van der Waals surface area contributed by atoms with Crippen LogP contribution in [0.5, 0.6) is 5.75 Å². The number of hydrogen-bond acceptors (Lipinski definition) is 3. The minimum absolute atomic E-state index is 0.264. The molecular weight excluding hydrogens is 259 g/mol. The van der Waals surface area contributed by atoms with E-state index in [0.29, 0.717) is 5.52 Å². The second-order valence-electron chi connectivity index (χ2n) is 3.18. The number of aromatic nitrogens is 1. The monoisotopic (exact) mass is 265 g/mol. The lowest BCUT2D eigenvalue weighted by molar-refractivity contribution is -0.0499. The number of hydrogen-bond donors (Lipinski definition) is 1. The fourth-order valence-corrected chi connectivity index (χ4v) is 1.77. The maximum atomic E-state index is 12.1. The van der Waals surface area contributed by atoms with Crippen molar-refractivity contribution in [3.8, 4) is 5.75 Å². The van der Waals surface area contributed by atoms with Crippen molar-refractivity contribution in [3.63, 3.8) is 0 Å². The zero-order valence-electron chi connectivity index (χ0n) is 8.15. The van der Waals surface area contributed by atoms with Gasteiger partial charge in [-0.3, -0.25) is 0 Å². The summed E-state index contributed by atoms with van der Waals surface area (Å²) < 4.78 is 62.1. The standard InChI is InChI=1S/C9H6F3NO3S/c10-9(11,12)17(14,15)16-8-3-1-2-7-6(8)4-5-13-7/h1-5,13H.